The van der Waals surface area contributed by atoms with Crippen LogP contribution < -0.4 is 5.73 Å². The molecular formula is C11H23NO2. The summed E-state index contributed by atoms with van der Waals surface area (Å²) in [5.74, 6) is 0. The summed E-state index contributed by atoms with van der Waals surface area (Å²) in [4.78, 5) is 0. The molecule has 1 rings (SSSR count). The Labute approximate surface area is 86.6 Å². The van der Waals surface area contributed by atoms with Crippen LogP contribution in [0.5, 0.6) is 0 Å². The van der Waals surface area contributed by atoms with Crippen LogP contribution in [0.1, 0.15) is 39.5 Å². The first-order chi connectivity index (χ1) is 6.54. The van der Waals surface area contributed by atoms with Crippen LogP contribution in [0, 0.1) is 5.41 Å². The number of rotatable bonds is 4. The molecule has 1 aliphatic rings. The quantitative estimate of drug-likeness (QED) is 0.720. The molecule has 84 valence electrons. The molecular weight excluding hydrogens is 178 g/mol. The SMILES string of the molecule is CC1(C)CCCC(CN)(OCCO)C1. The van der Waals surface area contributed by atoms with Crippen molar-refractivity contribution in [2.45, 2.75) is 45.1 Å². The van der Waals surface area contributed by atoms with E-state index in [1.165, 1.54) is 12.8 Å². The van der Waals surface area contributed by atoms with Crippen molar-refractivity contribution in [3.63, 3.8) is 0 Å². The molecule has 14 heavy (non-hydrogen) atoms. The standard InChI is InChI=1S/C11H23NO2/c1-10(2)4-3-5-11(8-10,9-12)14-7-6-13/h13H,3-9,12H2,1-2H3. The summed E-state index contributed by atoms with van der Waals surface area (Å²) in [6.45, 7) is 5.59. The van der Waals surface area contributed by atoms with E-state index in [2.05, 4.69) is 13.8 Å². The van der Waals surface area contributed by atoms with Crippen molar-refractivity contribution in [2.75, 3.05) is 19.8 Å². The van der Waals surface area contributed by atoms with Crippen LogP contribution in [-0.4, -0.2) is 30.5 Å². The first-order valence-electron chi connectivity index (χ1n) is 5.49. The minimum absolute atomic E-state index is 0.0855. The molecule has 0 spiro atoms. The van der Waals surface area contributed by atoms with Crippen LogP contribution >= 0.6 is 0 Å². The molecule has 3 nitrogen and oxygen atoms in total. The summed E-state index contributed by atoms with van der Waals surface area (Å²) in [5, 5.41) is 8.77. The van der Waals surface area contributed by atoms with E-state index in [0.717, 1.165) is 12.8 Å². The van der Waals surface area contributed by atoms with Crippen LogP contribution in [0.3, 0.4) is 0 Å². The van der Waals surface area contributed by atoms with E-state index in [-0.39, 0.29) is 12.2 Å². The van der Waals surface area contributed by atoms with Gasteiger partial charge in [0.25, 0.3) is 0 Å². The Morgan fingerprint density at radius 2 is 2.07 bits per heavy atom. The fraction of sp³-hybridized carbons (Fsp3) is 1.00. The van der Waals surface area contributed by atoms with Gasteiger partial charge in [-0.2, -0.15) is 0 Å². The minimum Gasteiger partial charge on any atom is -0.394 e. The van der Waals surface area contributed by atoms with Crippen LogP contribution in [0.25, 0.3) is 0 Å². The second kappa shape index (κ2) is 4.60. The van der Waals surface area contributed by atoms with Crippen LogP contribution in [-0.2, 0) is 4.74 Å². The van der Waals surface area contributed by atoms with Crippen molar-refractivity contribution < 1.29 is 9.84 Å². The molecule has 0 heterocycles. The van der Waals surface area contributed by atoms with Gasteiger partial charge in [-0.1, -0.05) is 20.3 Å². The van der Waals surface area contributed by atoms with Crippen molar-refractivity contribution >= 4 is 0 Å². The van der Waals surface area contributed by atoms with E-state index in [1.807, 2.05) is 0 Å². The fourth-order valence-electron chi connectivity index (χ4n) is 2.56. The first-order valence-corrected chi connectivity index (χ1v) is 5.49. The maximum atomic E-state index is 8.77. The lowest BCUT2D eigenvalue weighted by Crippen LogP contribution is -2.47. The Hall–Kier alpha value is -0.120. The van der Waals surface area contributed by atoms with Crippen LogP contribution in [0.4, 0.5) is 0 Å². The summed E-state index contributed by atoms with van der Waals surface area (Å²) in [6.07, 6.45) is 4.47. The van der Waals surface area contributed by atoms with Gasteiger partial charge in [0.15, 0.2) is 0 Å². The van der Waals surface area contributed by atoms with E-state index < -0.39 is 0 Å². The molecule has 0 saturated heterocycles. The third kappa shape index (κ3) is 2.94. The van der Waals surface area contributed by atoms with Crippen molar-refractivity contribution in [3.8, 4) is 0 Å². The summed E-state index contributed by atoms with van der Waals surface area (Å²) in [5.41, 5.74) is 5.94. The molecule has 1 fully saturated rings. The van der Waals surface area contributed by atoms with E-state index in [4.69, 9.17) is 15.6 Å². The normalized spacial score (nSPS) is 31.7. The van der Waals surface area contributed by atoms with E-state index in [1.54, 1.807) is 0 Å². The first kappa shape index (κ1) is 12.0. The molecule has 0 aliphatic heterocycles. The van der Waals surface area contributed by atoms with E-state index >= 15 is 0 Å². The Bertz CT molecular complexity index is 182. The van der Waals surface area contributed by atoms with Crippen molar-refractivity contribution in [3.05, 3.63) is 0 Å². The molecule has 0 amide bonds. The molecule has 1 saturated carbocycles. The van der Waals surface area contributed by atoms with E-state index in [0.29, 0.717) is 18.6 Å². The number of aliphatic hydroxyl groups excluding tert-OH is 1. The van der Waals surface area contributed by atoms with Gasteiger partial charge in [-0.3, -0.25) is 0 Å². The second-order valence-corrected chi connectivity index (χ2v) is 5.15. The Kier molecular flexibility index (Phi) is 3.93. The summed E-state index contributed by atoms with van der Waals surface area (Å²) >= 11 is 0. The van der Waals surface area contributed by atoms with Gasteiger partial charge in [0.05, 0.1) is 18.8 Å². The highest BCUT2D eigenvalue weighted by Crippen LogP contribution is 2.42. The van der Waals surface area contributed by atoms with Crippen molar-refractivity contribution in [1.82, 2.24) is 0 Å². The Morgan fingerprint density at radius 3 is 2.57 bits per heavy atom. The summed E-state index contributed by atoms with van der Waals surface area (Å²) in [6, 6.07) is 0. The molecule has 3 heteroatoms. The lowest BCUT2D eigenvalue weighted by Gasteiger charge is -2.44. The molecule has 1 unspecified atom stereocenters. The molecule has 1 atom stereocenters. The zero-order valence-corrected chi connectivity index (χ0v) is 9.38. The number of hydrogen-bond donors (Lipinski definition) is 2. The molecule has 0 radical (unpaired) electrons. The fourth-order valence-corrected chi connectivity index (χ4v) is 2.56. The average Bonchev–Trinajstić information content (AvgIpc) is 2.13. The van der Waals surface area contributed by atoms with Crippen LogP contribution in [0.15, 0.2) is 0 Å². The number of hydrogen-bond acceptors (Lipinski definition) is 3. The third-order valence-electron chi connectivity index (χ3n) is 3.16. The molecule has 1 aliphatic carbocycles. The van der Waals surface area contributed by atoms with Gasteiger partial charge in [0.2, 0.25) is 0 Å². The maximum Gasteiger partial charge on any atom is 0.0810 e. The maximum absolute atomic E-state index is 8.77. The predicted molar refractivity (Wildman–Crippen MR) is 57.1 cm³/mol. The smallest absolute Gasteiger partial charge is 0.0810 e. The van der Waals surface area contributed by atoms with Gasteiger partial charge in [0.1, 0.15) is 0 Å². The van der Waals surface area contributed by atoms with Gasteiger partial charge < -0.3 is 15.6 Å². The third-order valence-corrected chi connectivity index (χ3v) is 3.16. The largest absolute Gasteiger partial charge is 0.394 e. The lowest BCUT2D eigenvalue weighted by atomic mass is 9.69. The molecule has 0 aromatic heterocycles. The number of aliphatic hydroxyl groups is 1. The second-order valence-electron chi connectivity index (χ2n) is 5.15. The van der Waals surface area contributed by atoms with Crippen molar-refractivity contribution in [2.24, 2.45) is 11.1 Å². The van der Waals surface area contributed by atoms with Gasteiger partial charge in [-0.05, 0) is 24.7 Å². The number of nitrogens with two attached hydrogens (primary N) is 1. The van der Waals surface area contributed by atoms with Gasteiger partial charge >= 0.3 is 0 Å². The highest BCUT2D eigenvalue weighted by molar-refractivity contribution is 4.92. The highest BCUT2D eigenvalue weighted by Gasteiger charge is 2.39. The Balaban J connectivity index is 2.58. The molecule has 0 aromatic rings. The molecule has 3 N–H and O–H groups in total. The zero-order valence-electron chi connectivity index (χ0n) is 9.38. The van der Waals surface area contributed by atoms with Crippen molar-refractivity contribution in [1.29, 1.82) is 0 Å². The zero-order chi connectivity index (χ0) is 10.7. The molecule has 0 bridgehead atoms. The molecule has 0 aromatic carbocycles. The van der Waals surface area contributed by atoms with Crippen LogP contribution in [0.2, 0.25) is 0 Å². The number of ether oxygens (including phenoxy) is 1. The Morgan fingerprint density at radius 1 is 1.36 bits per heavy atom. The van der Waals surface area contributed by atoms with E-state index in [9.17, 15) is 0 Å². The topological polar surface area (TPSA) is 55.5 Å². The van der Waals surface area contributed by atoms with Gasteiger partial charge in [-0.15, -0.1) is 0 Å². The lowest BCUT2D eigenvalue weighted by molar-refractivity contribution is -0.0992. The summed E-state index contributed by atoms with van der Waals surface area (Å²) < 4.78 is 5.73. The predicted octanol–water partition coefficient (Wildman–Crippen LogP) is 1.29. The van der Waals surface area contributed by atoms with Gasteiger partial charge in [0, 0.05) is 6.54 Å². The summed E-state index contributed by atoms with van der Waals surface area (Å²) in [7, 11) is 0. The monoisotopic (exact) mass is 201 g/mol. The van der Waals surface area contributed by atoms with Gasteiger partial charge in [-0.25, -0.2) is 0 Å². The average molecular weight is 201 g/mol. The highest BCUT2D eigenvalue weighted by atomic mass is 16.5. The minimum atomic E-state index is -0.176.